The molecule has 3 heteroatoms. The van der Waals surface area contributed by atoms with Crippen LogP contribution in [0.4, 0.5) is 0 Å². The monoisotopic (exact) mass is 209 g/mol. The highest BCUT2D eigenvalue weighted by atomic mass is 32.1. The van der Waals surface area contributed by atoms with Gasteiger partial charge in [0.05, 0.1) is 9.88 Å². The minimum absolute atomic E-state index is 0.616. The first-order valence-electron chi connectivity index (χ1n) is 5.20. The second-order valence-electron chi connectivity index (χ2n) is 4.18. The molecular weight excluding hydrogens is 194 g/mol. The maximum Gasteiger partial charge on any atom is 0.161 e. The fourth-order valence-electron chi connectivity index (χ4n) is 2.05. The van der Waals surface area contributed by atoms with Crippen molar-refractivity contribution in [3.8, 4) is 0 Å². The van der Waals surface area contributed by atoms with E-state index >= 15 is 0 Å². The molecule has 1 heterocycles. The van der Waals surface area contributed by atoms with Crippen LogP contribution in [0.5, 0.6) is 0 Å². The topological polar surface area (TPSA) is 30.0 Å². The Morgan fingerprint density at radius 2 is 2.14 bits per heavy atom. The Morgan fingerprint density at radius 1 is 1.43 bits per heavy atom. The molecule has 1 saturated carbocycles. The molecule has 1 aliphatic rings. The lowest BCUT2D eigenvalue weighted by Crippen LogP contribution is -2.10. The number of carbonyl (C=O) groups is 1. The van der Waals surface area contributed by atoms with E-state index in [0.717, 1.165) is 17.1 Å². The lowest BCUT2D eigenvalue weighted by molar-refractivity contribution is 0.112. The van der Waals surface area contributed by atoms with Gasteiger partial charge in [-0.15, -0.1) is 11.3 Å². The number of hydrogen-bond donors (Lipinski definition) is 0. The number of aromatic nitrogens is 1. The molecule has 0 aliphatic heterocycles. The average Bonchev–Trinajstić information content (AvgIpc) is 2.67. The molecule has 0 bridgehead atoms. The van der Waals surface area contributed by atoms with Crippen molar-refractivity contribution in [3.05, 3.63) is 16.1 Å². The second kappa shape index (κ2) is 4.22. The minimum atomic E-state index is 0.616. The first kappa shape index (κ1) is 9.84. The van der Waals surface area contributed by atoms with E-state index in [1.165, 1.54) is 30.7 Å². The van der Waals surface area contributed by atoms with Gasteiger partial charge in [-0.05, 0) is 18.8 Å². The minimum Gasteiger partial charge on any atom is -0.297 e. The van der Waals surface area contributed by atoms with Crippen LogP contribution in [-0.2, 0) is 0 Å². The number of carbonyl (C=O) groups excluding carboxylic acids is 1. The molecule has 1 aromatic rings. The van der Waals surface area contributed by atoms with Crippen LogP contribution in [0.25, 0.3) is 0 Å². The Hall–Kier alpha value is -0.700. The molecule has 2 rings (SSSR count). The summed E-state index contributed by atoms with van der Waals surface area (Å²) in [5.74, 6) is 1.49. The molecule has 0 unspecified atom stereocenters. The van der Waals surface area contributed by atoms with Crippen LogP contribution in [0.1, 0.15) is 53.2 Å². The van der Waals surface area contributed by atoms with Gasteiger partial charge in [-0.1, -0.05) is 19.8 Å². The van der Waals surface area contributed by atoms with Crippen molar-refractivity contribution in [3.63, 3.8) is 0 Å². The fourth-order valence-corrected chi connectivity index (χ4v) is 2.95. The van der Waals surface area contributed by atoms with E-state index in [9.17, 15) is 4.79 Å². The lowest BCUT2D eigenvalue weighted by atomic mass is 9.83. The van der Waals surface area contributed by atoms with Crippen LogP contribution in [0.15, 0.2) is 6.20 Å². The van der Waals surface area contributed by atoms with Crippen molar-refractivity contribution in [2.24, 2.45) is 5.92 Å². The quantitative estimate of drug-likeness (QED) is 0.700. The second-order valence-corrected chi connectivity index (χ2v) is 5.27. The SMILES string of the molecule is CC1CCC(c2ncc(C=O)s2)CC1. The summed E-state index contributed by atoms with van der Waals surface area (Å²) in [6.07, 6.45) is 7.69. The van der Waals surface area contributed by atoms with Crippen LogP contribution < -0.4 is 0 Å². The summed E-state index contributed by atoms with van der Waals surface area (Å²) in [6, 6.07) is 0. The third-order valence-corrected chi connectivity index (χ3v) is 4.11. The van der Waals surface area contributed by atoms with E-state index in [0.29, 0.717) is 5.92 Å². The zero-order valence-corrected chi connectivity index (χ0v) is 9.22. The lowest BCUT2D eigenvalue weighted by Gasteiger charge is -2.24. The van der Waals surface area contributed by atoms with Gasteiger partial charge in [-0.25, -0.2) is 4.98 Å². The Bertz CT molecular complexity index is 313. The number of nitrogens with zero attached hydrogens (tertiary/aromatic N) is 1. The third kappa shape index (κ3) is 2.03. The van der Waals surface area contributed by atoms with Crippen molar-refractivity contribution in [1.29, 1.82) is 0 Å². The summed E-state index contributed by atoms with van der Waals surface area (Å²) in [6.45, 7) is 2.31. The molecule has 0 spiro atoms. The molecular formula is C11H15NOS. The van der Waals surface area contributed by atoms with E-state index < -0.39 is 0 Å². The normalized spacial score (nSPS) is 27.5. The number of aldehydes is 1. The molecule has 76 valence electrons. The first-order chi connectivity index (χ1) is 6.79. The largest absolute Gasteiger partial charge is 0.297 e. The Morgan fingerprint density at radius 3 is 2.71 bits per heavy atom. The van der Waals surface area contributed by atoms with Crippen molar-refractivity contribution < 1.29 is 4.79 Å². The fraction of sp³-hybridized carbons (Fsp3) is 0.636. The van der Waals surface area contributed by atoms with Crippen LogP contribution in [0.2, 0.25) is 0 Å². The summed E-state index contributed by atoms with van der Waals surface area (Å²) in [5, 5.41) is 1.17. The summed E-state index contributed by atoms with van der Waals surface area (Å²) in [5.41, 5.74) is 0. The van der Waals surface area contributed by atoms with E-state index in [2.05, 4.69) is 11.9 Å². The van der Waals surface area contributed by atoms with Crippen LogP contribution in [0.3, 0.4) is 0 Å². The van der Waals surface area contributed by atoms with Gasteiger partial charge in [0, 0.05) is 12.1 Å². The maximum absolute atomic E-state index is 10.5. The van der Waals surface area contributed by atoms with Gasteiger partial charge < -0.3 is 0 Å². The van der Waals surface area contributed by atoms with Gasteiger partial charge in [-0.2, -0.15) is 0 Å². The van der Waals surface area contributed by atoms with Crippen molar-refractivity contribution in [2.75, 3.05) is 0 Å². The van der Waals surface area contributed by atoms with Crippen LogP contribution >= 0.6 is 11.3 Å². The smallest absolute Gasteiger partial charge is 0.161 e. The summed E-state index contributed by atoms with van der Waals surface area (Å²) in [4.78, 5) is 15.6. The van der Waals surface area contributed by atoms with E-state index in [-0.39, 0.29) is 0 Å². The van der Waals surface area contributed by atoms with Crippen molar-refractivity contribution in [2.45, 2.75) is 38.5 Å². The molecule has 0 N–H and O–H groups in total. The highest BCUT2D eigenvalue weighted by molar-refractivity contribution is 7.13. The summed E-state index contributed by atoms with van der Waals surface area (Å²) in [7, 11) is 0. The summed E-state index contributed by atoms with van der Waals surface area (Å²) >= 11 is 1.56. The van der Waals surface area contributed by atoms with Gasteiger partial charge in [0.25, 0.3) is 0 Å². The zero-order chi connectivity index (χ0) is 9.97. The molecule has 0 aromatic carbocycles. The van der Waals surface area contributed by atoms with E-state index in [4.69, 9.17) is 0 Å². The van der Waals surface area contributed by atoms with Crippen molar-refractivity contribution in [1.82, 2.24) is 4.98 Å². The van der Waals surface area contributed by atoms with Crippen molar-refractivity contribution >= 4 is 17.6 Å². The molecule has 0 saturated heterocycles. The van der Waals surface area contributed by atoms with Crippen LogP contribution in [0, 0.1) is 5.92 Å². The van der Waals surface area contributed by atoms with E-state index in [1.807, 2.05) is 0 Å². The maximum atomic E-state index is 10.5. The standard InChI is InChI=1S/C11H15NOS/c1-8-2-4-9(5-3-8)11-12-6-10(7-13)14-11/h6-9H,2-5H2,1H3. The molecule has 1 aliphatic carbocycles. The zero-order valence-electron chi connectivity index (χ0n) is 8.40. The molecule has 1 fully saturated rings. The predicted molar refractivity (Wildman–Crippen MR) is 57.9 cm³/mol. The number of hydrogen-bond acceptors (Lipinski definition) is 3. The highest BCUT2D eigenvalue weighted by Crippen LogP contribution is 2.36. The molecule has 2 nitrogen and oxygen atoms in total. The number of rotatable bonds is 2. The highest BCUT2D eigenvalue weighted by Gasteiger charge is 2.21. The molecule has 1 aromatic heterocycles. The van der Waals surface area contributed by atoms with Gasteiger partial charge in [0.15, 0.2) is 6.29 Å². The number of thiazole rings is 1. The first-order valence-corrected chi connectivity index (χ1v) is 6.02. The van der Waals surface area contributed by atoms with Gasteiger partial charge in [0.2, 0.25) is 0 Å². The molecule has 0 atom stereocenters. The van der Waals surface area contributed by atoms with Gasteiger partial charge >= 0.3 is 0 Å². The Kier molecular flexibility index (Phi) is 2.96. The van der Waals surface area contributed by atoms with Gasteiger partial charge in [0.1, 0.15) is 0 Å². The molecule has 0 radical (unpaired) electrons. The van der Waals surface area contributed by atoms with E-state index in [1.54, 1.807) is 17.5 Å². The third-order valence-electron chi connectivity index (χ3n) is 3.02. The van der Waals surface area contributed by atoms with Gasteiger partial charge in [-0.3, -0.25) is 4.79 Å². The Balaban J connectivity index is 2.04. The summed E-state index contributed by atoms with van der Waals surface area (Å²) < 4.78 is 0. The predicted octanol–water partition coefficient (Wildman–Crippen LogP) is 3.25. The molecule has 14 heavy (non-hydrogen) atoms. The molecule has 0 amide bonds. The van der Waals surface area contributed by atoms with Crippen LogP contribution in [-0.4, -0.2) is 11.3 Å². The average molecular weight is 209 g/mol. The Labute approximate surface area is 88.4 Å².